The lowest BCUT2D eigenvalue weighted by Crippen LogP contribution is -2.61. The summed E-state index contributed by atoms with van der Waals surface area (Å²) in [5, 5.41) is 56.9. The number of hydrogen-bond donors (Lipinski definition) is 6. The van der Waals surface area contributed by atoms with Crippen molar-refractivity contribution in [2.45, 2.75) is 314 Å². The van der Waals surface area contributed by atoms with E-state index in [-0.39, 0.29) is 19.4 Å². The molecule has 6 N–H and O–H groups in total. The maximum Gasteiger partial charge on any atom is 0.306 e. The van der Waals surface area contributed by atoms with Crippen molar-refractivity contribution < 1.29 is 49.3 Å². The summed E-state index contributed by atoms with van der Waals surface area (Å²) in [6.45, 7) is 5.64. The number of carbonyl (C=O) groups excluding carboxylic acids is 2. The Labute approximate surface area is 476 Å². The minimum atomic E-state index is -1.63. The number of esters is 1. The summed E-state index contributed by atoms with van der Waals surface area (Å²) < 4.78 is 17.6. The molecule has 0 aromatic heterocycles. The summed E-state index contributed by atoms with van der Waals surface area (Å²) in [6.07, 6.45) is 60.7. The summed E-state index contributed by atoms with van der Waals surface area (Å²) in [5.41, 5.74) is 0. The lowest BCUT2D eigenvalue weighted by atomic mass is 9.99. The Morgan fingerprint density at radius 3 is 1.33 bits per heavy atom. The van der Waals surface area contributed by atoms with E-state index in [0.29, 0.717) is 12.8 Å². The largest absolute Gasteiger partial charge is 0.454 e. The Balaban J connectivity index is 2.71. The maximum absolute atomic E-state index is 13.4. The lowest BCUT2D eigenvalue weighted by Gasteiger charge is -2.41. The second-order valence-corrected chi connectivity index (χ2v) is 21.8. The Kier molecular flexibility index (Phi) is 50.8. The van der Waals surface area contributed by atoms with E-state index in [9.17, 15) is 35.1 Å². The molecule has 11 nitrogen and oxygen atoms in total. The molecule has 1 rings (SSSR count). The predicted octanol–water partition coefficient (Wildman–Crippen LogP) is 15.3. The summed E-state index contributed by atoms with van der Waals surface area (Å²) in [4.78, 5) is 26.5. The topological polar surface area (TPSA) is 175 Å². The van der Waals surface area contributed by atoms with E-state index in [1.807, 2.05) is 18.2 Å². The van der Waals surface area contributed by atoms with Gasteiger partial charge >= 0.3 is 5.97 Å². The quantitative estimate of drug-likeness (QED) is 0.0195. The number of aliphatic hydroxyl groups is 5. The van der Waals surface area contributed by atoms with Crippen LogP contribution in [0.4, 0.5) is 0 Å². The molecule has 1 saturated heterocycles. The first-order valence-electron chi connectivity index (χ1n) is 31.9. The number of nitrogens with one attached hydrogen (secondary N) is 1. The molecule has 8 atom stereocenters. The monoisotopic (exact) mass is 1100 g/mol. The Morgan fingerprint density at radius 2 is 0.910 bits per heavy atom. The molecule has 78 heavy (non-hydrogen) atoms. The van der Waals surface area contributed by atoms with Crippen LogP contribution in [-0.4, -0.2) is 99.6 Å². The SMILES string of the molecule is CC/C=C\C/C=C\C/C=C\C/C=C\C/C=C\C/C=C\CC(O)C(=O)NC(COC1OC(CO)C(O)C(O)C1OC(=O)CCCCCCCCCCCCCCCCCCCCC)C(O)/C=C/CCCCCCCCCCCC. The van der Waals surface area contributed by atoms with E-state index >= 15 is 0 Å². The van der Waals surface area contributed by atoms with Crippen LogP contribution in [0.2, 0.25) is 0 Å². The summed E-state index contributed by atoms with van der Waals surface area (Å²) in [6, 6.07) is -1.07. The van der Waals surface area contributed by atoms with E-state index < -0.39 is 67.4 Å². The van der Waals surface area contributed by atoms with Crippen molar-refractivity contribution in [1.82, 2.24) is 5.32 Å². The number of carbonyl (C=O) groups is 2. The number of allylic oxidation sites excluding steroid dienone is 12. The van der Waals surface area contributed by atoms with Gasteiger partial charge in [0.2, 0.25) is 5.91 Å². The smallest absolute Gasteiger partial charge is 0.306 e. The maximum atomic E-state index is 13.4. The van der Waals surface area contributed by atoms with E-state index in [1.165, 1.54) is 141 Å². The van der Waals surface area contributed by atoms with Crippen LogP contribution >= 0.6 is 0 Å². The van der Waals surface area contributed by atoms with E-state index in [2.05, 4.69) is 80.8 Å². The molecule has 0 radical (unpaired) electrons. The van der Waals surface area contributed by atoms with Crippen LogP contribution in [0.5, 0.6) is 0 Å². The Bertz CT molecular complexity index is 1590. The van der Waals surface area contributed by atoms with Crippen LogP contribution < -0.4 is 5.32 Å². The van der Waals surface area contributed by atoms with Crippen LogP contribution in [0.1, 0.15) is 265 Å². The van der Waals surface area contributed by atoms with E-state index in [4.69, 9.17) is 14.2 Å². The van der Waals surface area contributed by atoms with Gasteiger partial charge < -0.3 is 45.1 Å². The van der Waals surface area contributed by atoms with Crippen LogP contribution in [0.3, 0.4) is 0 Å². The Morgan fingerprint density at radius 1 is 0.513 bits per heavy atom. The van der Waals surface area contributed by atoms with E-state index in [1.54, 1.807) is 12.2 Å². The average Bonchev–Trinajstić information content (AvgIpc) is 3.44. The average molecular weight is 1100 g/mol. The molecule has 0 aromatic carbocycles. The summed E-state index contributed by atoms with van der Waals surface area (Å²) in [7, 11) is 0. The van der Waals surface area contributed by atoms with Crippen molar-refractivity contribution in [3.05, 3.63) is 85.1 Å². The lowest BCUT2D eigenvalue weighted by molar-refractivity contribution is -0.305. The van der Waals surface area contributed by atoms with Gasteiger partial charge in [0, 0.05) is 12.8 Å². The molecule has 0 bridgehead atoms. The normalized spacial score (nSPS) is 19.5. The van der Waals surface area contributed by atoms with Crippen LogP contribution in [0, 0.1) is 0 Å². The zero-order valence-corrected chi connectivity index (χ0v) is 49.8. The first-order chi connectivity index (χ1) is 38.2. The van der Waals surface area contributed by atoms with Crippen molar-refractivity contribution in [2.24, 2.45) is 0 Å². The highest BCUT2D eigenvalue weighted by atomic mass is 16.7. The van der Waals surface area contributed by atoms with Gasteiger partial charge in [0.25, 0.3) is 0 Å². The van der Waals surface area contributed by atoms with Crippen molar-refractivity contribution in [2.75, 3.05) is 13.2 Å². The predicted molar refractivity (Wildman–Crippen MR) is 324 cm³/mol. The number of unbranched alkanes of at least 4 members (excludes halogenated alkanes) is 28. The first kappa shape index (κ1) is 72.9. The molecule has 0 saturated carbocycles. The molecule has 0 spiro atoms. The van der Waals surface area contributed by atoms with Gasteiger partial charge in [-0.05, 0) is 57.8 Å². The van der Waals surface area contributed by atoms with Gasteiger partial charge in [0.05, 0.1) is 25.4 Å². The third kappa shape index (κ3) is 41.8. The summed E-state index contributed by atoms with van der Waals surface area (Å²) >= 11 is 0. The molecule has 1 aliphatic rings. The number of amides is 1. The van der Waals surface area contributed by atoms with Crippen LogP contribution in [0.25, 0.3) is 0 Å². The molecule has 1 amide bonds. The van der Waals surface area contributed by atoms with Gasteiger partial charge in [-0.3, -0.25) is 9.59 Å². The fourth-order valence-electron chi connectivity index (χ4n) is 9.55. The zero-order chi connectivity index (χ0) is 56.8. The minimum absolute atomic E-state index is 0.0559. The van der Waals surface area contributed by atoms with E-state index in [0.717, 1.165) is 77.0 Å². The van der Waals surface area contributed by atoms with Crippen molar-refractivity contribution >= 4 is 11.9 Å². The number of aliphatic hydroxyl groups excluding tert-OH is 5. The highest BCUT2D eigenvalue weighted by molar-refractivity contribution is 5.81. The van der Waals surface area contributed by atoms with Gasteiger partial charge in [-0.15, -0.1) is 0 Å². The van der Waals surface area contributed by atoms with Gasteiger partial charge in [-0.25, -0.2) is 0 Å². The van der Waals surface area contributed by atoms with Crippen molar-refractivity contribution in [1.29, 1.82) is 0 Å². The second-order valence-electron chi connectivity index (χ2n) is 21.8. The number of ether oxygens (including phenoxy) is 3. The van der Waals surface area contributed by atoms with Crippen molar-refractivity contribution in [3.8, 4) is 0 Å². The minimum Gasteiger partial charge on any atom is -0.454 e. The molecule has 450 valence electrons. The molecule has 0 aliphatic carbocycles. The molecule has 11 heteroatoms. The molecule has 1 aliphatic heterocycles. The highest BCUT2D eigenvalue weighted by Gasteiger charge is 2.47. The zero-order valence-electron chi connectivity index (χ0n) is 49.8. The second kappa shape index (κ2) is 54.4. The fourth-order valence-corrected chi connectivity index (χ4v) is 9.55. The molecule has 0 aromatic rings. The van der Waals surface area contributed by atoms with Gasteiger partial charge in [0.1, 0.15) is 24.4 Å². The van der Waals surface area contributed by atoms with Crippen molar-refractivity contribution in [3.63, 3.8) is 0 Å². The third-order valence-corrected chi connectivity index (χ3v) is 14.6. The third-order valence-electron chi connectivity index (χ3n) is 14.6. The van der Waals surface area contributed by atoms with Crippen LogP contribution in [0.15, 0.2) is 85.1 Å². The fraction of sp³-hybridized carbons (Fsp3) is 0.761. The standard InChI is InChI=1S/C67H117NO10/c1-4-7-10-13-16-19-22-25-27-29-31-33-35-37-40-43-46-49-52-55-62(72)78-65-64(74)63(73)61(56-69)77-67(65)76-57-58(59(70)53-50-47-44-41-38-24-21-18-15-12-9-6-3)68-66(75)60(71)54-51-48-45-42-39-36-34-32-30-28-26-23-20-17-14-11-8-5-2/h8,11,17,20,26,28,32,34,39,42,48,50-51,53,58-61,63-65,67,69-71,73-74H,4-7,9-10,12-16,18-19,21-25,27,29-31,33,35-38,40-41,43-47,49,52,54-57H2,1-3H3,(H,68,75)/b11-8-,20-17-,28-26-,34-32-,42-39-,51-48-,53-50+. The first-order valence-corrected chi connectivity index (χ1v) is 31.9. The Hall–Kier alpha value is -3.16. The van der Waals surface area contributed by atoms with Crippen LogP contribution in [-0.2, 0) is 23.8 Å². The van der Waals surface area contributed by atoms with Gasteiger partial charge in [0.15, 0.2) is 12.4 Å². The number of hydrogen-bond acceptors (Lipinski definition) is 10. The highest BCUT2D eigenvalue weighted by Crippen LogP contribution is 2.26. The molecular formula is C67H117NO10. The summed E-state index contributed by atoms with van der Waals surface area (Å²) in [5.74, 6) is -1.28. The number of rotatable bonds is 53. The molecular weight excluding hydrogens is 979 g/mol. The molecule has 8 unspecified atom stereocenters. The van der Waals surface area contributed by atoms with Gasteiger partial charge in [-0.1, -0.05) is 279 Å². The van der Waals surface area contributed by atoms with Gasteiger partial charge in [-0.2, -0.15) is 0 Å². The molecule has 1 fully saturated rings. The molecule has 1 heterocycles.